The maximum atomic E-state index is 12.9. The summed E-state index contributed by atoms with van der Waals surface area (Å²) in [5.74, 6) is 0.351. The molecule has 368 valence electrons. The average molecular weight is 967 g/mol. The number of nitrogens with one attached hydrogen (secondary N) is 5. The Morgan fingerprint density at radius 2 is 1.52 bits per heavy atom. The van der Waals surface area contributed by atoms with Crippen LogP contribution in [0.15, 0.2) is 54.9 Å². The number of amides is 4. The Morgan fingerprint density at radius 3 is 2.23 bits per heavy atom. The first-order chi connectivity index (χ1) is 33.6. The van der Waals surface area contributed by atoms with Gasteiger partial charge in [-0.1, -0.05) is 31.4 Å². The molecule has 21 heteroatoms. The predicted octanol–water partition coefficient (Wildman–Crippen LogP) is 4.63. The maximum absolute atomic E-state index is 12.9. The number of hydrogen-bond acceptors (Lipinski definition) is 16. The number of benzene rings is 1. The number of anilines is 5. The van der Waals surface area contributed by atoms with Crippen LogP contribution in [0.2, 0.25) is 0 Å². The van der Waals surface area contributed by atoms with Crippen LogP contribution >= 0.6 is 11.3 Å². The highest BCUT2D eigenvalue weighted by Crippen LogP contribution is 2.40. The van der Waals surface area contributed by atoms with Crippen molar-refractivity contribution < 1.29 is 38.1 Å². The molecular weight excluding hydrogens is 905 g/mol. The zero-order valence-electron chi connectivity index (χ0n) is 39.4. The van der Waals surface area contributed by atoms with Crippen molar-refractivity contribution in [2.75, 3.05) is 120 Å². The van der Waals surface area contributed by atoms with Gasteiger partial charge < -0.3 is 49.7 Å². The second kappa shape index (κ2) is 24.0. The minimum Gasteiger partial charge on any atom is -0.379 e. The van der Waals surface area contributed by atoms with Crippen LogP contribution in [0.1, 0.15) is 69.9 Å². The Morgan fingerprint density at radius 1 is 0.797 bits per heavy atom. The van der Waals surface area contributed by atoms with Crippen LogP contribution in [-0.2, 0) is 34.1 Å². The predicted molar refractivity (Wildman–Crippen MR) is 263 cm³/mol. The molecule has 1 saturated heterocycles. The molecule has 4 aromatic heterocycles. The van der Waals surface area contributed by atoms with Gasteiger partial charge in [0.05, 0.1) is 100 Å². The third-order valence-electron chi connectivity index (χ3n) is 12.6. The van der Waals surface area contributed by atoms with E-state index in [1.807, 2.05) is 38.2 Å². The fourth-order valence-electron chi connectivity index (χ4n) is 8.79. The van der Waals surface area contributed by atoms with Crippen molar-refractivity contribution >= 4 is 74.3 Å². The number of pyridine rings is 1. The standard InChI is InChI=1S/C48H62N12O8S/c1-33-34(2)69-47(53-33)57-44(63)37-8-4-5-9-38(37)54-41(61)12-20-65-22-24-67-26-27-68-25-23-66-21-15-49-42(62)31-58-16-18-59(19-17-58)36-10-11-40(50-30-36)55-46-51-29-35-28-39-45(64)52-32-48(13-6-3-7-14-48)60(39)43(35)56-46/h4-5,8-11,28-30H,3,6-7,12-27,31-32H2,1-2H3,(H,49,62)(H,52,64)(H,54,61)(H,53,57,63)(H,50,51,55,56). The van der Waals surface area contributed by atoms with Gasteiger partial charge in [0.15, 0.2) is 5.13 Å². The fourth-order valence-corrected chi connectivity index (χ4v) is 9.60. The fraction of sp³-hybridized carbons (Fsp3) is 0.500. The lowest BCUT2D eigenvalue weighted by molar-refractivity contribution is -0.122. The molecule has 0 atom stereocenters. The third-order valence-corrected chi connectivity index (χ3v) is 13.5. The van der Waals surface area contributed by atoms with E-state index in [0.29, 0.717) is 99.7 Å². The van der Waals surface area contributed by atoms with Crippen LogP contribution in [0.25, 0.3) is 11.0 Å². The SMILES string of the molecule is Cc1nc(NC(=O)c2ccccc2NC(=O)CCOCCOCCOCCOCCNC(=O)CN2CCN(c3ccc(Nc4ncc5cc6n(c5n4)C4(CCCCC4)CNC6=O)nc3)CC2)sc1C. The molecule has 20 nitrogen and oxygen atoms in total. The van der Waals surface area contributed by atoms with Crippen molar-refractivity contribution in [2.45, 2.75) is 57.9 Å². The number of thiazole rings is 1. The normalized spacial score (nSPS) is 15.7. The molecule has 5 aromatic rings. The van der Waals surface area contributed by atoms with E-state index in [4.69, 9.17) is 23.9 Å². The second-order valence-corrected chi connectivity index (χ2v) is 18.6. The molecule has 2 aliphatic heterocycles. The zero-order valence-corrected chi connectivity index (χ0v) is 40.2. The van der Waals surface area contributed by atoms with Crippen LogP contribution in [0.4, 0.5) is 28.3 Å². The molecule has 1 aromatic carbocycles. The van der Waals surface area contributed by atoms with Crippen molar-refractivity contribution in [2.24, 2.45) is 0 Å². The Hall–Kier alpha value is -6.10. The van der Waals surface area contributed by atoms with Gasteiger partial charge in [-0.05, 0) is 57.0 Å². The smallest absolute Gasteiger partial charge is 0.268 e. The number of para-hydroxylation sites is 1. The number of nitrogens with zero attached hydrogens (tertiary/aromatic N) is 7. The van der Waals surface area contributed by atoms with Gasteiger partial charge in [-0.2, -0.15) is 4.98 Å². The van der Waals surface area contributed by atoms with E-state index in [1.165, 1.54) is 17.8 Å². The highest BCUT2D eigenvalue weighted by atomic mass is 32.1. The molecule has 69 heavy (non-hydrogen) atoms. The molecule has 0 radical (unpaired) electrons. The highest BCUT2D eigenvalue weighted by molar-refractivity contribution is 7.15. The van der Waals surface area contributed by atoms with Gasteiger partial charge in [0.1, 0.15) is 17.2 Å². The molecule has 1 spiro atoms. The van der Waals surface area contributed by atoms with E-state index in [2.05, 4.69) is 55.9 Å². The van der Waals surface area contributed by atoms with E-state index < -0.39 is 0 Å². The highest BCUT2D eigenvalue weighted by Gasteiger charge is 2.41. The monoisotopic (exact) mass is 966 g/mol. The molecule has 5 N–H and O–H groups in total. The number of hydrogen-bond donors (Lipinski definition) is 5. The molecule has 1 saturated carbocycles. The zero-order chi connectivity index (χ0) is 48.0. The summed E-state index contributed by atoms with van der Waals surface area (Å²) >= 11 is 1.40. The summed E-state index contributed by atoms with van der Waals surface area (Å²) in [6.45, 7) is 11.1. The van der Waals surface area contributed by atoms with E-state index in [9.17, 15) is 19.2 Å². The minimum atomic E-state index is -0.346. The number of piperazine rings is 1. The summed E-state index contributed by atoms with van der Waals surface area (Å²) in [5, 5.41) is 16.3. The average Bonchev–Trinajstić information content (AvgIpc) is 3.91. The number of carbonyl (C=O) groups excluding carboxylic acids is 4. The molecular formula is C48H62N12O8S. The number of carbonyl (C=O) groups is 4. The largest absolute Gasteiger partial charge is 0.379 e. The van der Waals surface area contributed by atoms with Gasteiger partial charge >= 0.3 is 0 Å². The Labute approximate surface area is 405 Å². The summed E-state index contributed by atoms with van der Waals surface area (Å²) in [4.78, 5) is 74.7. The van der Waals surface area contributed by atoms with Crippen molar-refractivity contribution in [1.82, 2.24) is 40.0 Å². The first-order valence-corrected chi connectivity index (χ1v) is 24.6. The van der Waals surface area contributed by atoms with Crippen LogP contribution in [0.5, 0.6) is 0 Å². The Balaban J connectivity index is 0.622. The molecule has 2 fully saturated rings. The maximum Gasteiger partial charge on any atom is 0.268 e. The van der Waals surface area contributed by atoms with Crippen LogP contribution in [0.3, 0.4) is 0 Å². The third kappa shape index (κ3) is 13.2. The molecule has 0 unspecified atom stereocenters. The lowest BCUT2D eigenvalue weighted by Crippen LogP contribution is -2.52. The van der Waals surface area contributed by atoms with Gasteiger partial charge in [-0.3, -0.25) is 29.4 Å². The first-order valence-electron chi connectivity index (χ1n) is 23.7. The lowest BCUT2D eigenvalue weighted by Gasteiger charge is -2.42. The van der Waals surface area contributed by atoms with Gasteiger partial charge in [0, 0.05) is 55.7 Å². The lowest BCUT2D eigenvalue weighted by atomic mass is 9.80. The van der Waals surface area contributed by atoms with Gasteiger partial charge in [0.25, 0.3) is 11.8 Å². The summed E-state index contributed by atoms with van der Waals surface area (Å²) < 4.78 is 24.4. The molecule has 8 rings (SSSR count). The van der Waals surface area contributed by atoms with E-state index >= 15 is 0 Å². The molecule has 0 bridgehead atoms. The van der Waals surface area contributed by atoms with Crippen molar-refractivity contribution in [1.29, 1.82) is 0 Å². The van der Waals surface area contributed by atoms with E-state index in [0.717, 1.165) is 79.2 Å². The number of fused-ring (bicyclic) bond motifs is 4. The summed E-state index contributed by atoms with van der Waals surface area (Å²) in [5.41, 5.74) is 3.91. The molecule has 3 aliphatic rings. The van der Waals surface area contributed by atoms with Crippen LogP contribution < -0.4 is 31.5 Å². The van der Waals surface area contributed by atoms with Gasteiger partial charge in [0.2, 0.25) is 17.8 Å². The second-order valence-electron chi connectivity index (χ2n) is 17.4. The molecule has 6 heterocycles. The summed E-state index contributed by atoms with van der Waals surface area (Å²) in [6, 6.07) is 12.7. The number of aryl methyl sites for hydroxylation is 2. The number of rotatable bonds is 23. The van der Waals surface area contributed by atoms with Crippen molar-refractivity contribution in [3.8, 4) is 0 Å². The number of aromatic nitrogens is 5. The van der Waals surface area contributed by atoms with Crippen LogP contribution in [0, 0.1) is 13.8 Å². The Bertz CT molecular complexity index is 2520. The summed E-state index contributed by atoms with van der Waals surface area (Å²) in [7, 11) is 0. The topological polar surface area (TPSA) is 228 Å². The van der Waals surface area contributed by atoms with Gasteiger partial charge in [-0.25, -0.2) is 15.0 Å². The number of ether oxygens (including phenoxy) is 4. The first kappa shape index (κ1) is 49.3. The van der Waals surface area contributed by atoms with Crippen LogP contribution in [-0.4, -0.2) is 152 Å². The molecule has 1 aliphatic carbocycles. The van der Waals surface area contributed by atoms with Crippen molar-refractivity contribution in [3.63, 3.8) is 0 Å². The quantitative estimate of drug-likeness (QED) is 0.0563. The van der Waals surface area contributed by atoms with Crippen molar-refractivity contribution in [3.05, 3.63) is 76.7 Å². The van der Waals surface area contributed by atoms with E-state index in [-0.39, 0.29) is 42.2 Å². The summed E-state index contributed by atoms with van der Waals surface area (Å²) in [6.07, 6.45) is 9.25. The van der Waals surface area contributed by atoms with Gasteiger partial charge in [-0.15, -0.1) is 11.3 Å². The minimum absolute atomic E-state index is 0.0384. The molecule has 4 amide bonds. The Kier molecular flexibility index (Phi) is 17.1. The van der Waals surface area contributed by atoms with E-state index in [1.54, 1.807) is 30.5 Å².